The number of alkyl halides is 6. The van der Waals surface area contributed by atoms with Crippen LogP contribution in [0.5, 0.6) is 0 Å². The molecule has 1 aromatic carbocycles. The molecule has 5 nitrogen and oxygen atoms in total. The largest absolute Gasteiger partial charge is 0.425 e. The molecule has 0 bridgehead atoms. The quantitative estimate of drug-likeness (QED) is 0.443. The summed E-state index contributed by atoms with van der Waals surface area (Å²) >= 11 is 0. The van der Waals surface area contributed by atoms with Crippen LogP contribution in [-0.4, -0.2) is 14.9 Å². The zero-order chi connectivity index (χ0) is 16.2. The molecule has 2 N–H and O–H groups in total. The Labute approximate surface area is 110 Å². The van der Waals surface area contributed by atoms with Crippen LogP contribution in [0.25, 0.3) is 11.0 Å². The van der Waals surface area contributed by atoms with Crippen molar-refractivity contribution >= 4 is 11.0 Å². The number of aromatic nitrogens is 2. The first-order valence-electron chi connectivity index (χ1n) is 5.09. The molecule has 114 valence electrons. The molecule has 0 spiro atoms. The molecule has 0 aliphatic carbocycles. The number of nitrogens with zero attached hydrogens (tertiary/aromatic N) is 1. The Hall–Kier alpha value is -2.46. The fourth-order valence-electron chi connectivity index (χ4n) is 1.71. The molecule has 2 aromatic rings. The molecule has 0 radical (unpaired) electrons. The van der Waals surface area contributed by atoms with E-state index in [1.165, 1.54) is 0 Å². The zero-order valence-electron chi connectivity index (χ0n) is 9.63. The highest BCUT2D eigenvalue weighted by molar-refractivity contribution is 5.79. The normalized spacial score (nSPS) is 12.9. The first-order chi connectivity index (χ1) is 9.43. The maximum Gasteiger partial charge on any atom is 0.418 e. The second-order valence-corrected chi connectivity index (χ2v) is 3.99. The molecule has 21 heavy (non-hydrogen) atoms. The molecule has 1 heterocycles. The Balaban J connectivity index is 3.07. The number of benzene rings is 1. The number of H-pyrrole nitrogens is 1. The van der Waals surface area contributed by atoms with Crippen LogP contribution in [-0.2, 0) is 12.4 Å². The number of fused-ring (bicyclic) bond motifs is 1. The van der Waals surface area contributed by atoms with Crippen LogP contribution in [0, 0.1) is 0 Å². The SMILES string of the molecule is O=c1[nH]c2cc(C(F)(F)F)cc(C(F)(F)F)c2n(O)c1=O. The molecular formula is C10H4F6N2O3. The third-order valence-electron chi connectivity index (χ3n) is 2.59. The van der Waals surface area contributed by atoms with Gasteiger partial charge >= 0.3 is 23.5 Å². The van der Waals surface area contributed by atoms with Crippen molar-refractivity contribution in [2.45, 2.75) is 12.4 Å². The molecule has 2 rings (SSSR count). The van der Waals surface area contributed by atoms with Gasteiger partial charge < -0.3 is 10.2 Å². The number of aromatic amines is 1. The molecule has 0 amide bonds. The highest BCUT2D eigenvalue weighted by atomic mass is 19.4. The minimum atomic E-state index is -5.28. The summed E-state index contributed by atoms with van der Waals surface area (Å²) in [5, 5.41) is 9.28. The van der Waals surface area contributed by atoms with E-state index in [4.69, 9.17) is 0 Å². The van der Waals surface area contributed by atoms with Crippen molar-refractivity contribution in [3.05, 3.63) is 44.0 Å². The Morgan fingerprint density at radius 3 is 2.05 bits per heavy atom. The summed E-state index contributed by atoms with van der Waals surface area (Å²) in [4.78, 5) is 23.8. The van der Waals surface area contributed by atoms with Crippen molar-refractivity contribution in [3.63, 3.8) is 0 Å². The summed E-state index contributed by atoms with van der Waals surface area (Å²) in [6.45, 7) is 0. The minimum Gasteiger partial charge on any atom is -0.425 e. The maximum atomic E-state index is 12.8. The van der Waals surface area contributed by atoms with Crippen molar-refractivity contribution in [1.82, 2.24) is 9.71 Å². The molecule has 0 aliphatic rings. The van der Waals surface area contributed by atoms with Crippen LogP contribution in [0.15, 0.2) is 21.7 Å². The molecule has 0 fully saturated rings. The molecular weight excluding hydrogens is 310 g/mol. The zero-order valence-corrected chi connectivity index (χ0v) is 9.63. The lowest BCUT2D eigenvalue weighted by Gasteiger charge is -2.15. The Morgan fingerprint density at radius 1 is 1.00 bits per heavy atom. The van der Waals surface area contributed by atoms with Crippen molar-refractivity contribution in [3.8, 4) is 0 Å². The summed E-state index contributed by atoms with van der Waals surface area (Å²) in [5.74, 6) is 0. The molecule has 0 saturated heterocycles. The number of halogens is 6. The van der Waals surface area contributed by atoms with E-state index in [9.17, 15) is 41.1 Å². The lowest BCUT2D eigenvalue weighted by atomic mass is 10.1. The van der Waals surface area contributed by atoms with Gasteiger partial charge in [0.2, 0.25) is 0 Å². The Kier molecular flexibility index (Phi) is 3.03. The average molecular weight is 314 g/mol. The van der Waals surface area contributed by atoms with Gasteiger partial charge in [0.15, 0.2) is 0 Å². The summed E-state index contributed by atoms with van der Waals surface area (Å²) in [6.07, 6.45) is -10.4. The van der Waals surface area contributed by atoms with Gasteiger partial charge in [-0.2, -0.15) is 26.3 Å². The second kappa shape index (κ2) is 4.27. The average Bonchev–Trinajstić information content (AvgIpc) is 2.32. The Bertz CT molecular complexity index is 830. The van der Waals surface area contributed by atoms with Crippen LogP contribution < -0.4 is 11.1 Å². The van der Waals surface area contributed by atoms with E-state index in [0.29, 0.717) is 0 Å². The van der Waals surface area contributed by atoms with Gasteiger partial charge in [0, 0.05) is 0 Å². The van der Waals surface area contributed by atoms with Crippen LogP contribution in [0.2, 0.25) is 0 Å². The molecule has 1 aromatic heterocycles. The van der Waals surface area contributed by atoms with Gasteiger partial charge in [-0.3, -0.25) is 9.59 Å². The number of hydrogen-bond donors (Lipinski definition) is 2. The third-order valence-corrected chi connectivity index (χ3v) is 2.59. The van der Waals surface area contributed by atoms with E-state index in [1.807, 2.05) is 0 Å². The van der Waals surface area contributed by atoms with Crippen LogP contribution in [0.1, 0.15) is 11.1 Å². The Morgan fingerprint density at radius 2 is 1.57 bits per heavy atom. The number of nitrogens with one attached hydrogen (secondary N) is 1. The van der Waals surface area contributed by atoms with Gasteiger partial charge in [0.05, 0.1) is 16.6 Å². The van der Waals surface area contributed by atoms with Gasteiger partial charge in [-0.05, 0) is 12.1 Å². The van der Waals surface area contributed by atoms with Crippen LogP contribution in [0.3, 0.4) is 0 Å². The topological polar surface area (TPSA) is 75.1 Å². The predicted octanol–water partition coefficient (Wildman–Crippen LogP) is 1.96. The van der Waals surface area contributed by atoms with Gasteiger partial charge in [-0.1, -0.05) is 0 Å². The van der Waals surface area contributed by atoms with E-state index in [-0.39, 0.29) is 12.1 Å². The number of rotatable bonds is 0. The van der Waals surface area contributed by atoms with E-state index in [0.717, 1.165) is 0 Å². The van der Waals surface area contributed by atoms with E-state index >= 15 is 0 Å². The van der Waals surface area contributed by atoms with E-state index in [1.54, 1.807) is 4.98 Å². The fraction of sp³-hybridized carbons (Fsp3) is 0.200. The highest BCUT2D eigenvalue weighted by Gasteiger charge is 2.39. The minimum absolute atomic E-state index is 0.193. The van der Waals surface area contributed by atoms with Gasteiger partial charge in [0.1, 0.15) is 5.52 Å². The first kappa shape index (κ1) is 14.9. The lowest BCUT2D eigenvalue weighted by molar-refractivity contribution is -0.142. The third kappa shape index (κ3) is 2.45. The predicted molar refractivity (Wildman–Crippen MR) is 56.0 cm³/mol. The van der Waals surface area contributed by atoms with Crippen LogP contribution in [0.4, 0.5) is 26.3 Å². The molecule has 0 saturated carbocycles. The summed E-state index contributed by atoms with van der Waals surface area (Å²) < 4.78 is 75.5. The first-order valence-corrected chi connectivity index (χ1v) is 5.09. The van der Waals surface area contributed by atoms with Gasteiger partial charge in [-0.25, -0.2) is 0 Å². The maximum absolute atomic E-state index is 12.8. The fourth-order valence-corrected chi connectivity index (χ4v) is 1.71. The molecule has 0 aliphatic heterocycles. The van der Waals surface area contributed by atoms with Crippen molar-refractivity contribution in [1.29, 1.82) is 0 Å². The van der Waals surface area contributed by atoms with Crippen molar-refractivity contribution < 1.29 is 31.5 Å². The number of hydrogen-bond acceptors (Lipinski definition) is 3. The molecule has 0 unspecified atom stereocenters. The molecule has 11 heteroatoms. The smallest absolute Gasteiger partial charge is 0.418 e. The van der Waals surface area contributed by atoms with Crippen molar-refractivity contribution in [2.24, 2.45) is 0 Å². The summed E-state index contributed by atoms with van der Waals surface area (Å²) in [7, 11) is 0. The van der Waals surface area contributed by atoms with E-state index in [2.05, 4.69) is 0 Å². The summed E-state index contributed by atoms with van der Waals surface area (Å²) in [6, 6.07) is -0.0645. The standard InChI is InChI=1S/C10H4F6N2O3/c11-9(12,13)3-1-4(10(14,15)16)6-5(2-3)17-7(19)8(20)18(6)21/h1-2,21H,(H,17,19). The van der Waals surface area contributed by atoms with Gasteiger partial charge in [0.25, 0.3) is 0 Å². The lowest BCUT2D eigenvalue weighted by Crippen LogP contribution is -2.36. The molecule has 0 atom stereocenters. The van der Waals surface area contributed by atoms with E-state index < -0.39 is 50.4 Å². The second-order valence-electron chi connectivity index (χ2n) is 3.99. The van der Waals surface area contributed by atoms with Crippen LogP contribution >= 0.6 is 0 Å². The summed E-state index contributed by atoms with van der Waals surface area (Å²) in [5.41, 5.74) is -9.12. The van der Waals surface area contributed by atoms with Gasteiger partial charge in [-0.15, -0.1) is 4.73 Å². The van der Waals surface area contributed by atoms with Crippen molar-refractivity contribution in [2.75, 3.05) is 0 Å². The monoisotopic (exact) mass is 314 g/mol. The highest BCUT2D eigenvalue weighted by Crippen LogP contribution is 2.38.